The molecule has 0 aliphatic rings. The molecule has 9 heavy (non-hydrogen) atoms. The third-order valence-corrected chi connectivity index (χ3v) is 1.04. The van der Waals surface area contributed by atoms with Crippen molar-refractivity contribution < 1.29 is 32.7 Å². The van der Waals surface area contributed by atoms with Crippen LogP contribution in [-0.4, -0.2) is 4.98 Å². The summed E-state index contributed by atoms with van der Waals surface area (Å²) in [5.41, 5.74) is 1.17. The smallest absolute Gasteiger partial charge is 0 e. The summed E-state index contributed by atoms with van der Waals surface area (Å²) in [5.74, 6) is 0. The summed E-state index contributed by atoms with van der Waals surface area (Å²) in [6.45, 7) is 2.09. The summed E-state index contributed by atoms with van der Waals surface area (Å²) >= 11 is 0. The van der Waals surface area contributed by atoms with Crippen LogP contribution in [0.4, 0.5) is 0 Å². The quantitative estimate of drug-likeness (QED) is 0.618. The van der Waals surface area contributed by atoms with Crippen molar-refractivity contribution in [3.05, 3.63) is 30.1 Å². The monoisotopic (exact) mass is 195 g/mol. The van der Waals surface area contributed by atoms with E-state index >= 15 is 0 Å². The first-order valence-electron chi connectivity index (χ1n) is 2.74. The van der Waals surface area contributed by atoms with Gasteiger partial charge in [-0.15, -0.1) is 5.56 Å². The number of nitrogens with zero attached hydrogens (tertiary/aromatic N) is 1. The van der Waals surface area contributed by atoms with Gasteiger partial charge < -0.3 is 4.98 Å². The summed E-state index contributed by atoms with van der Waals surface area (Å²) in [6.07, 6.45) is 4.59. The second-order valence-corrected chi connectivity index (χ2v) is 1.62. The average Bonchev–Trinajstić information content (AvgIpc) is 1.90. The van der Waals surface area contributed by atoms with E-state index in [1.807, 2.05) is 12.3 Å². The van der Waals surface area contributed by atoms with E-state index in [-0.39, 0.29) is 32.7 Å². The predicted molar refractivity (Wildman–Crippen MR) is 32.5 cm³/mol. The van der Waals surface area contributed by atoms with Crippen molar-refractivity contribution in [3.63, 3.8) is 0 Å². The van der Waals surface area contributed by atoms with Crippen LogP contribution in [0.3, 0.4) is 0 Å². The molecule has 1 rings (SSSR count). The number of aromatic nitrogens is 1. The van der Waals surface area contributed by atoms with Crippen LogP contribution in [0.1, 0.15) is 12.5 Å². The van der Waals surface area contributed by atoms with Crippen molar-refractivity contribution in [3.8, 4) is 0 Å². The topological polar surface area (TPSA) is 12.9 Å². The van der Waals surface area contributed by atoms with Crippen LogP contribution in [0.15, 0.2) is 18.5 Å². The molecule has 0 spiro atoms. The van der Waals surface area contributed by atoms with Crippen molar-refractivity contribution in [2.75, 3.05) is 0 Å². The minimum absolute atomic E-state index is 0. The molecule has 1 radical (unpaired) electrons. The molecule has 0 saturated carbocycles. The van der Waals surface area contributed by atoms with E-state index in [4.69, 9.17) is 0 Å². The Balaban J connectivity index is 0.000000640. The Morgan fingerprint density at radius 1 is 1.67 bits per heavy atom. The maximum absolute atomic E-state index is 3.92. The maximum atomic E-state index is 3.92. The van der Waals surface area contributed by atoms with Crippen LogP contribution in [0, 0.1) is 6.07 Å². The van der Waals surface area contributed by atoms with Crippen molar-refractivity contribution in [1.29, 1.82) is 0 Å². The molecule has 1 nitrogen and oxygen atoms in total. The minimum atomic E-state index is 0. The van der Waals surface area contributed by atoms with Crippen molar-refractivity contribution in [2.45, 2.75) is 13.3 Å². The molecule has 0 aromatic carbocycles. The Morgan fingerprint density at radius 2 is 2.44 bits per heavy atom. The molecule has 0 unspecified atom stereocenters. The van der Waals surface area contributed by atoms with Crippen molar-refractivity contribution in [2.24, 2.45) is 0 Å². The molecule has 0 amide bonds. The molecule has 0 fully saturated rings. The van der Waals surface area contributed by atoms with Gasteiger partial charge in [0.1, 0.15) is 0 Å². The number of rotatable bonds is 1. The SMILES string of the molecule is CCc1[c-]ccnc1.[Y]. The van der Waals surface area contributed by atoms with Gasteiger partial charge >= 0.3 is 0 Å². The zero-order valence-electron chi connectivity index (χ0n) is 5.46. The summed E-state index contributed by atoms with van der Waals surface area (Å²) in [5, 5.41) is 0. The van der Waals surface area contributed by atoms with Gasteiger partial charge in [0.25, 0.3) is 0 Å². The second-order valence-electron chi connectivity index (χ2n) is 1.62. The molecule has 45 valence electrons. The zero-order chi connectivity index (χ0) is 5.82. The number of aryl methyl sites for hydroxylation is 1. The molecule has 0 aliphatic carbocycles. The van der Waals surface area contributed by atoms with Crippen molar-refractivity contribution >= 4 is 0 Å². The Labute approximate surface area is 80.8 Å². The first kappa shape index (κ1) is 9.25. The molecule has 1 aromatic rings. The first-order chi connectivity index (χ1) is 3.93. The summed E-state index contributed by atoms with van der Waals surface area (Å²) in [4.78, 5) is 3.92. The molecule has 0 aliphatic heterocycles. The summed E-state index contributed by atoms with van der Waals surface area (Å²) in [7, 11) is 0. The fourth-order valence-electron chi connectivity index (χ4n) is 0.551. The predicted octanol–water partition coefficient (Wildman–Crippen LogP) is 1.44. The molecule has 0 bridgehead atoms. The van der Waals surface area contributed by atoms with Gasteiger partial charge in [-0.3, -0.25) is 0 Å². The third-order valence-electron chi connectivity index (χ3n) is 1.04. The van der Waals surface area contributed by atoms with Gasteiger partial charge in [-0.2, -0.15) is 12.1 Å². The number of hydrogen-bond acceptors (Lipinski definition) is 1. The largest absolute Gasteiger partial charge is 0.391 e. The van der Waals surface area contributed by atoms with E-state index in [0.29, 0.717) is 0 Å². The standard InChI is InChI=1S/C7H8N.Y/c1-2-7-4-3-5-8-6-7;/h3,5-6H,2H2,1H3;/q-1;. The third kappa shape index (κ3) is 3.07. The summed E-state index contributed by atoms with van der Waals surface area (Å²) in [6, 6.07) is 4.89. The molecular weight excluding hydrogens is 187 g/mol. The molecule has 0 atom stereocenters. The van der Waals surface area contributed by atoms with E-state index in [9.17, 15) is 0 Å². The fraction of sp³-hybridized carbons (Fsp3) is 0.286. The van der Waals surface area contributed by atoms with Gasteiger partial charge in [0.05, 0.1) is 0 Å². The molecule has 0 saturated heterocycles. The van der Waals surface area contributed by atoms with Gasteiger partial charge in [0, 0.05) is 32.7 Å². The van der Waals surface area contributed by atoms with E-state index in [1.54, 1.807) is 6.20 Å². The Morgan fingerprint density at radius 3 is 2.78 bits per heavy atom. The molecule has 0 N–H and O–H groups in total. The van der Waals surface area contributed by atoms with Gasteiger partial charge in [-0.25, -0.2) is 0 Å². The van der Waals surface area contributed by atoms with E-state index in [1.165, 1.54) is 5.56 Å². The maximum Gasteiger partial charge on any atom is 0 e. The van der Waals surface area contributed by atoms with E-state index < -0.39 is 0 Å². The number of pyridine rings is 1. The average molecular weight is 195 g/mol. The van der Waals surface area contributed by atoms with Crippen LogP contribution in [-0.2, 0) is 39.1 Å². The van der Waals surface area contributed by atoms with Crippen LogP contribution >= 0.6 is 0 Å². The Bertz CT molecular complexity index is 150. The Hall–Kier alpha value is 0.254. The second kappa shape index (κ2) is 5.07. The van der Waals surface area contributed by atoms with Gasteiger partial charge in [-0.05, 0) is 0 Å². The van der Waals surface area contributed by atoms with Crippen LogP contribution in [0.5, 0.6) is 0 Å². The normalized spacial score (nSPS) is 8.11. The van der Waals surface area contributed by atoms with Gasteiger partial charge in [0.15, 0.2) is 0 Å². The van der Waals surface area contributed by atoms with Crippen LogP contribution < -0.4 is 0 Å². The Kier molecular flexibility index (Phi) is 5.21. The zero-order valence-corrected chi connectivity index (χ0v) is 8.30. The summed E-state index contributed by atoms with van der Waals surface area (Å²) < 4.78 is 0. The van der Waals surface area contributed by atoms with Crippen LogP contribution in [0.25, 0.3) is 0 Å². The molecular formula is C7H8NY-. The van der Waals surface area contributed by atoms with E-state index in [0.717, 1.165) is 6.42 Å². The number of hydrogen-bond donors (Lipinski definition) is 0. The fourth-order valence-corrected chi connectivity index (χ4v) is 0.551. The first-order valence-corrected chi connectivity index (χ1v) is 2.74. The minimum Gasteiger partial charge on any atom is -0.391 e. The molecule has 2 heteroatoms. The van der Waals surface area contributed by atoms with Crippen LogP contribution in [0.2, 0.25) is 0 Å². The van der Waals surface area contributed by atoms with E-state index in [2.05, 4.69) is 18.0 Å². The molecule has 1 heterocycles. The van der Waals surface area contributed by atoms with Crippen molar-refractivity contribution in [1.82, 2.24) is 4.98 Å². The molecule has 1 aromatic heterocycles. The van der Waals surface area contributed by atoms with Gasteiger partial charge in [-0.1, -0.05) is 25.7 Å². The van der Waals surface area contributed by atoms with Gasteiger partial charge in [0.2, 0.25) is 0 Å².